The lowest BCUT2D eigenvalue weighted by atomic mass is 10.1. The number of amides is 1. The smallest absolute Gasteiger partial charge is 0.255 e. The zero-order chi connectivity index (χ0) is 17.6. The number of pyridine rings is 1. The molecule has 3 rings (SSSR count). The van der Waals surface area contributed by atoms with E-state index in [0.29, 0.717) is 18.8 Å². The van der Waals surface area contributed by atoms with Crippen LogP contribution in [0.25, 0.3) is 10.9 Å². The van der Waals surface area contributed by atoms with Crippen LogP contribution < -0.4 is 15.8 Å². The molecule has 0 radical (unpaired) electrons. The second-order valence-electron chi connectivity index (χ2n) is 5.65. The van der Waals surface area contributed by atoms with Crippen LogP contribution >= 0.6 is 0 Å². The number of rotatable bonds is 7. The maximum absolute atomic E-state index is 13.7. The van der Waals surface area contributed by atoms with E-state index in [1.165, 1.54) is 12.1 Å². The number of aromatic nitrogens is 1. The minimum atomic E-state index is -0.519. The molecule has 1 aromatic heterocycles. The molecule has 0 fully saturated rings. The number of hydrogen-bond acceptors (Lipinski definition) is 4. The molecule has 5 nitrogen and oxygen atoms in total. The third kappa shape index (κ3) is 4.51. The van der Waals surface area contributed by atoms with Gasteiger partial charge in [0.15, 0.2) is 6.61 Å². The van der Waals surface area contributed by atoms with Gasteiger partial charge in [0.2, 0.25) is 0 Å². The van der Waals surface area contributed by atoms with Crippen molar-refractivity contribution in [2.75, 3.05) is 6.61 Å². The summed E-state index contributed by atoms with van der Waals surface area (Å²) < 4.78 is 19.0. The summed E-state index contributed by atoms with van der Waals surface area (Å²) in [6.07, 6.45) is 1.70. The highest BCUT2D eigenvalue weighted by atomic mass is 19.1. The predicted octanol–water partition coefficient (Wildman–Crippen LogP) is 2.53. The quantitative estimate of drug-likeness (QED) is 0.693. The van der Waals surface area contributed by atoms with Crippen molar-refractivity contribution in [3.05, 3.63) is 71.7 Å². The summed E-state index contributed by atoms with van der Waals surface area (Å²) in [6.45, 7) is 0.897. The molecule has 25 heavy (non-hydrogen) atoms. The second kappa shape index (κ2) is 7.72. The molecule has 0 saturated carbocycles. The molecule has 0 saturated heterocycles. The zero-order valence-corrected chi connectivity index (χ0v) is 13.5. The molecule has 1 heterocycles. The minimum Gasteiger partial charge on any atom is -0.484 e. The van der Waals surface area contributed by atoms with Crippen molar-refractivity contribution in [3.8, 4) is 5.75 Å². The molecular formula is C19H18FN3O2. The van der Waals surface area contributed by atoms with Crippen LogP contribution in [0, 0.1) is 5.82 Å². The van der Waals surface area contributed by atoms with Gasteiger partial charge in [-0.3, -0.25) is 9.78 Å². The van der Waals surface area contributed by atoms with Crippen LogP contribution in [0.5, 0.6) is 5.75 Å². The first-order valence-electron chi connectivity index (χ1n) is 7.86. The number of nitrogens with zero attached hydrogens (tertiary/aromatic N) is 1. The molecule has 0 aliphatic carbocycles. The highest BCUT2D eigenvalue weighted by molar-refractivity contribution is 5.81. The summed E-state index contributed by atoms with van der Waals surface area (Å²) in [6, 6.07) is 14.0. The Hall–Kier alpha value is -2.99. The van der Waals surface area contributed by atoms with Gasteiger partial charge in [-0.25, -0.2) is 4.39 Å². The summed E-state index contributed by atoms with van der Waals surface area (Å²) in [5.41, 5.74) is 7.64. The highest BCUT2D eigenvalue weighted by Gasteiger charge is 2.05. The summed E-state index contributed by atoms with van der Waals surface area (Å²) >= 11 is 0. The third-order valence-corrected chi connectivity index (χ3v) is 3.67. The molecule has 0 atom stereocenters. The molecule has 0 spiro atoms. The van der Waals surface area contributed by atoms with E-state index in [2.05, 4.69) is 10.3 Å². The van der Waals surface area contributed by atoms with Crippen LogP contribution in [0.1, 0.15) is 11.1 Å². The minimum absolute atomic E-state index is 0.155. The SMILES string of the molecule is NC(=O)COc1cccc(CNCc2cc(F)cc3cccnc23)c1. The predicted molar refractivity (Wildman–Crippen MR) is 93.4 cm³/mol. The summed E-state index contributed by atoms with van der Waals surface area (Å²) in [4.78, 5) is 15.1. The van der Waals surface area contributed by atoms with Gasteiger partial charge >= 0.3 is 0 Å². The number of carbonyl (C=O) groups excluding carboxylic acids is 1. The Morgan fingerprint density at radius 2 is 2.04 bits per heavy atom. The van der Waals surface area contributed by atoms with E-state index in [-0.39, 0.29) is 12.4 Å². The van der Waals surface area contributed by atoms with E-state index >= 15 is 0 Å². The zero-order valence-electron chi connectivity index (χ0n) is 13.5. The Morgan fingerprint density at radius 1 is 1.16 bits per heavy atom. The fourth-order valence-electron chi connectivity index (χ4n) is 2.60. The van der Waals surface area contributed by atoms with E-state index in [9.17, 15) is 9.18 Å². The molecule has 1 amide bonds. The van der Waals surface area contributed by atoms with E-state index < -0.39 is 5.91 Å². The van der Waals surface area contributed by atoms with E-state index in [1.807, 2.05) is 24.3 Å². The molecule has 0 bridgehead atoms. The van der Waals surface area contributed by atoms with Crippen molar-refractivity contribution in [2.24, 2.45) is 5.73 Å². The van der Waals surface area contributed by atoms with Gasteiger partial charge in [-0.05, 0) is 41.5 Å². The monoisotopic (exact) mass is 339 g/mol. The molecule has 0 aliphatic rings. The number of carbonyl (C=O) groups is 1. The fraction of sp³-hybridized carbons (Fsp3) is 0.158. The van der Waals surface area contributed by atoms with Gasteiger partial charge < -0.3 is 15.8 Å². The lowest BCUT2D eigenvalue weighted by Gasteiger charge is -2.10. The summed E-state index contributed by atoms with van der Waals surface area (Å²) in [5, 5.41) is 4.05. The van der Waals surface area contributed by atoms with Gasteiger partial charge in [-0.15, -0.1) is 0 Å². The molecule has 2 aromatic carbocycles. The lowest BCUT2D eigenvalue weighted by molar-refractivity contribution is -0.119. The van der Waals surface area contributed by atoms with Gasteiger partial charge in [0.25, 0.3) is 5.91 Å². The first kappa shape index (κ1) is 16.9. The highest BCUT2D eigenvalue weighted by Crippen LogP contribution is 2.19. The lowest BCUT2D eigenvalue weighted by Crippen LogP contribution is -2.20. The van der Waals surface area contributed by atoms with Crippen LogP contribution in [-0.2, 0) is 17.9 Å². The average Bonchev–Trinajstić information content (AvgIpc) is 2.60. The van der Waals surface area contributed by atoms with E-state index in [1.54, 1.807) is 18.3 Å². The number of nitrogens with two attached hydrogens (primary N) is 1. The standard InChI is InChI=1S/C19H18FN3O2/c20-16-8-14-4-2-6-23-19(14)15(9-16)11-22-10-13-3-1-5-17(7-13)25-12-18(21)24/h1-9,22H,10-12H2,(H2,21,24). The van der Waals surface area contributed by atoms with Gasteiger partial charge in [-0.2, -0.15) is 0 Å². The maximum Gasteiger partial charge on any atom is 0.255 e. The Labute approximate surface area is 144 Å². The Morgan fingerprint density at radius 3 is 2.88 bits per heavy atom. The maximum atomic E-state index is 13.7. The van der Waals surface area contributed by atoms with Gasteiger partial charge in [-0.1, -0.05) is 18.2 Å². The van der Waals surface area contributed by atoms with E-state index in [0.717, 1.165) is 22.0 Å². The van der Waals surface area contributed by atoms with Gasteiger partial charge in [0.1, 0.15) is 11.6 Å². The van der Waals surface area contributed by atoms with Crippen molar-refractivity contribution >= 4 is 16.8 Å². The Kier molecular flexibility index (Phi) is 5.20. The topological polar surface area (TPSA) is 77.2 Å². The van der Waals surface area contributed by atoms with Crippen molar-refractivity contribution < 1.29 is 13.9 Å². The van der Waals surface area contributed by atoms with E-state index in [4.69, 9.17) is 10.5 Å². The Bertz CT molecular complexity index is 899. The summed E-state index contributed by atoms with van der Waals surface area (Å²) in [5.74, 6) is -0.218. The normalized spacial score (nSPS) is 10.8. The number of nitrogens with one attached hydrogen (secondary N) is 1. The largest absolute Gasteiger partial charge is 0.484 e. The second-order valence-corrected chi connectivity index (χ2v) is 5.65. The first-order valence-corrected chi connectivity index (χ1v) is 7.86. The molecule has 0 aliphatic heterocycles. The first-order chi connectivity index (χ1) is 12.1. The van der Waals surface area contributed by atoms with Crippen molar-refractivity contribution in [1.82, 2.24) is 10.3 Å². The van der Waals surface area contributed by atoms with Crippen molar-refractivity contribution in [2.45, 2.75) is 13.1 Å². The molecule has 0 unspecified atom stereocenters. The number of halogens is 1. The van der Waals surface area contributed by atoms with Crippen molar-refractivity contribution in [3.63, 3.8) is 0 Å². The molecule has 128 valence electrons. The van der Waals surface area contributed by atoms with Crippen LogP contribution in [0.2, 0.25) is 0 Å². The number of hydrogen-bond donors (Lipinski definition) is 2. The molecule has 3 aromatic rings. The van der Waals surface area contributed by atoms with Crippen LogP contribution in [0.3, 0.4) is 0 Å². The van der Waals surface area contributed by atoms with Crippen LogP contribution in [0.4, 0.5) is 4.39 Å². The van der Waals surface area contributed by atoms with Crippen molar-refractivity contribution in [1.29, 1.82) is 0 Å². The molecule has 3 N–H and O–H groups in total. The number of ether oxygens (including phenoxy) is 1. The fourth-order valence-corrected chi connectivity index (χ4v) is 2.60. The molecule has 6 heteroatoms. The third-order valence-electron chi connectivity index (χ3n) is 3.67. The average molecular weight is 339 g/mol. The Balaban J connectivity index is 1.65. The van der Waals surface area contributed by atoms with Crippen LogP contribution in [-0.4, -0.2) is 17.5 Å². The van der Waals surface area contributed by atoms with Gasteiger partial charge in [0, 0.05) is 24.7 Å². The number of primary amides is 1. The van der Waals surface area contributed by atoms with Gasteiger partial charge in [0.05, 0.1) is 5.52 Å². The number of fused-ring (bicyclic) bond motifs is 1. The summed E-state index contributed by atoms with van der Waals surface area (Å²) in [7, 11) is 0. The van der Waals surface area contributed by atoms with Crippen LogP contribution in [0.15, 0.2) is 54.7 Å². The number of benzene rings is 2. The molecular weight excluding hydrogens is 321 g/mol.